The first-order valence-corrected chi connectivity index (χ1v) is 12.9. The molecule has 1 N–H and O–H groups in total. The largest absolute Gasteiger partial charge is 0.507 e. The fraction of sp³-hybridized carbons (Fsp3) is 0.300. The second kappa shape index (κ2) is 10.5. The lowest BCUT2D eigenvalue weighted by Gasteiger charge is -2.34. The van der Waals surface area contributed by atoms with Crippen molar-refractivity contribution in [2.24, 2.45) is 0 Å². The van der Waals surface area contributed by atoms with E-state index >= 15 is 0 Å². The average Bonchev–Trinajstić information content (AvgIpc) is 3.42. The topological polar surface area (TPSA) is 93.8 Å². The smallest absolute Gasteiger partial charge is 0.235 e. The molecule has 0 atom stereocenters. The van der Waals surface area contributed by atoms with E-state index in [1.54, 1.807) is 50.4 Å². The Morgan fingerprint density at radius 1 is 0.897 bits per heavy atom. The Bertz CT molecular complexity index is 1570. The van der Waals surface area contributed by atoms with Crippen LogP contribution in [-0.2, 0) is 13.1 Å². The zero-order valence-electron chi connectivity index (χ0n) is 21.9. The number of aryl methyl sites for hydroxylation is 1. The number of phenolic OH excluding ortho intramolecular Hbond substituents is 1. The zero-order valence-corrected chi connectivity index (χ0v) is 21.9. The number of hydrogen-bond donors (Lipinski definition) is 1. The van der Waals surface area contributed by atoms with Crippen LogP contribution in [0.2, 0.25) is 0 Å². The van der Waals surface area contributed by atoms with Crippen LogP contribution in [0.15, 0.2) is 63.8 Å². The van der Waals surface area contributed by atoms with Crippen LogP contribution < -0.4 is 24.4 Å². The average molecular weight is 531 g/mol. The highest BCUT2D eigenvalue weighted by Gasteiger charge is 2.23. The molecule has 0 spiro atoms. The molecule has 4 aromatic rings. The molecule has 0 bridgehead atoms. The van der Waals surface area contributed by atoms with Crippen LogP contribution in [0.4, 0.5) is 0 Å². The lowest BCUT2D eigenvalue weighted by atomic mass is 10.1. The van der Waals surface area contributed by atoms with E-state index in [1.165, 1.54) is 5.56 Å². The van der Waals surface area contributed by atoms with Gasteiger partial charge in [-0.25, -0.2) is 0 Å². The standard InChI is InChI=1S/C30H30N2O7/c1-19-29(39-22-5-3-4-21(15-22)35-2)28(34)23-7-8-25(33)24(30(23)38-19)17-32-12-10-31(11-13-32)16-20-6-9-26-27(14-20)37-18-36-26/h3-9,14-15,33H,10-13,16-18H2,1-2H3. The summed E-state index contributed by atoms with van der Waals surface area (Å²) in [6, 6.07) is 16.3. The highest BCUT2D eigenvalue weighted by atomic mass is 16.7. The molecule has 1 fully saturated rings. The van der Waals surface area contributed by atoms with Crippen molar-refractivity contribution in [2.45, 2.75) is 20.0 Å². The van der Waals surface area contributed by atoms with E-state index < -0.39 is 0 Å². The minimum atomic E-state index is -0.286. The molecule has 202 valence electrons. The number of methoxy groups -OCH3 is 1. The number of aromatic hydroxyl groups is 1. The van der Waals surface area contributed by atoms with E-state index in [0.29, 0.717) is 40.3 Å². The van der Waals surface area contributed by atoms with E-state index in [9.17, 15) is 9.90 Å². The van der Waals surface area contributed by atoms with Gasteiger partial charge in [-0.05, 0) is 48.9 Å². The van der Waals surface area contributed by atoms with Gasteiger partial charge in [-0.1, -0.05) is 12.1 Å². The molecule has 0 radical (unpaired) electrons. The molecule has 9 nitrogen and oxygen atoms in total. The summed E-state index contributed by atoms with van der Waals surface area (Å²) in [6.07, 6.45) is 0. The van der Waals surface area contributed by atoms with Gasteiger partial charge in [0, 0.05) is 45.3 Å². The predicted molar refractivity (Wildman–Crippen MR) is 145 cm³/mol. The third-order valence-electron chi connectivity index (χ3n) is 7.21. The molecule has 1 aromatic heterocycles. The van der Waals surface area contributed by atoms with Crippen molar-refractivity contribution in [3.8, 4) is 34.5 Å². The number of hydrogen-bond acceptors (Lipinski definition) is 9. The van der Waals surface area contributed by atoms with Crippen LogP contribution >= 0.6 is 0 Å². The molecule has 0 saturated carbocycles. The maximum Gasteiger partial charge on any atom is 0.235 e. The van der Waals surface area contributed by atoms with Gasteiger partial charge in [-0.3, -0.25) is 14.6 Å². The molecule has 0 unspecified atom stereocenters. The quantitative estimate of drug-likeness (QED) is 0.366. The van der Waals surface area contributed by atoms with Crippen LogP contribution in [0.3, 0.4) is 0 Å². The van der Waals surface area contributed by atoms with E-state index in [4.69, 9.17) is 23.4 Å². The van der Waals surface area contributed by atoms with E-state index in [0.717, 1.165) is 44.2 Å². The second-order valence-corrected chi connectivity index (χ2v) is 9.78. The fourth-order valence-electron chi connectivity index (χ4n) is 5.07. The highest BCUT2D eigenvalue weighted by molar-refractivity contribution is 5.83. The molecule has 39 heavy (non-hydrogen) atoms. The van der Waals surface area contributed by atoms with Gasteiger partial charge in [0.05, 0.1) is 18.1 Å². The first-order valence-electron chi connectivity index (χ1n) is 12.9. The monoisotopic (exact) mass is 530 g/mol. The van der Waals surface area contributed by atoms with Crippen LogP contribution in [0.25, 0.3) is 11.0 Å². The van der Waals surface area contributed by atoms with E-state index in [1.807, 2.05) is 12.1 Å². The molecule has 3 heterocycles. The van der Waals surface area contributed by atoms with E-state index in [-0.39, 0.29) is 23.7 Å². The number of rotatable bonds is 7. The van der Waals surface area contributed by atoms with Crippen molar-refractivity contribution in [2.75, 3.05) is 40.1 Å². The van der Waals surface area contributed by atoms with Crippen LogP contribution in [-0.4, -0.2) is 55.0 Å². The van der Waals surface area contributed by atoms with Crippen molar-refractivity contribution in [1.82, 2.24) is 9.80 Å². The van der Waals surface area contributed by atoms with Crippen molar-refractivity contribution >= 4 is 11.0 Å². The normalized spacial score (nSPS) is 15.5. The van der Waals surface area contributed by atoms with Crippen molar-refractivity contribution in [1.29, 1.82) is 0 Å². The first kappa shape index (κ1) is 25.1. The van der Waals surface area contributed by atoms with Crippen LogP contribution in [0.5, 0.6) is 34.5 Å². The minimum absolute atomic E-state index is 0.106. The molecule has 9 heteroatoms. The van der Waals surface area contributed by atoms with Gasteiger partial charge in [-0.2, -0.15) is 0 Å². The van der Waals surface area contributed by atoms with Crippen LogP contribution in [0, 0.1) is 6.92 Å². The molecule has 3 aromatic carbocycles. The Hall–Kier alpha value is -4.21. The zero-order chi connectivity index (χ0) is 26.9. The van der Waals surface area contributed by atoms with Gasteiger partial charge in [0.15, 0.2) is 11.5 Å². The summed E-state index contributed by atoms with van der Waals surface area (Å²) < 4.78 is 28.2. The summed E-state index contributed by atoms with van der Waals surface area (Å²) in [4.78, 5) is 18.1. The van der Waals surface area contributed by atoms with Gasteiger partial charge >= 0.3 is 0 Å². The van der Waals surface area contributed by atoms with Gasteiger partial charge < -0.3 is 28.5 Å². The molecule has 2 aliphatic heterocycles. The minimum Gasteiger partial charge on any atom is -0.507 e. The number of ether oxygens (including phenoxy) is 4. The lowest BCUT2D eigenvalue weighted by molar-refractivity contribution is 0.121. The molecular weight excluding hydrogens is 500 g/mol. The fourth-order valence-corrected chi connectivity index (χ4v) is 5.07. The molecule has 2 aliphatic rings. The molecule has 0 aliphatic carbocycles. The van der Waals surface area contributed by atoms with Gasteiger partial charge in [0.2, 0.25) is 18.0 Å². The maximum absolute atomic E-state index is 13.4. The summed E-state index contributed by atoms with van der Waals surface area (Å²) in [7, 11) is 1.57. The third kappa shape index (κ3) is 5.10. The molecule has 0 amide bonds. The number of phenols is 1. The Kier molecular flexibility index (Phi) is 6.76. The second-order valence-electron chi connectivity index (χ2n) is 9.78. The number of nitrogens with zero attached hydrogens (tertiary/aromatic N) is 2. The summed E-state index contributed by atoms with van der Waals surface area (Å²) in [5.74, 6) is 3.25. The number of piperazine rings is 1. The van der Waals surface area contributed by atoms with Gasteiger partial charge in [0.1, 0.15) is 28.6 Å². The van der Waals surface area contributed by atoms with Crippen molar-refractivity contribution < 1.29 is 28.5 Å². The Morgan fingerprint density at radius 3 is 2.44 bits per heavy atom. The first-order chi connectivity index (χ1) is 19.0. The number of benzene rings is 3. The predicted octanol–water partition coefficient (Wildman–Crippen LogP) is 4.65. The maximum atomic E-state index is 13.4. The Balaban J connectivity index is 1.17. The highest BCUT2D eigenvalue weighted by Crippen LogP contribution is 2.34. The third-order valence-corrected chi connectivity index (χ3v) is 7.21. The molecule has 1 saturated heterocycles. The Labute approximate surface area is 225 Å². The summed E-state index contributed by atoms with van der Waals surface area (Å²) in [5, 5.41) is 11.1. The van der Waals surface area contributed by atoms with E-state index in [2.05, 4.69) is 15.9 Å². The summed E-state index contributed by atoms with van der Waals surface area (Å²) >= 11 is 0. The molecule has 6 rings (SSSR count). The van der Waals surface area contributed by atoms with Crippen LogP contribution in [0.1, 0.15) is 16.9 Å². The summed E-state index contributed by atoms with van der Waals surface area (Å²) in [5.41, 5.74) is 1.89. The lowest BCUT2D eigenvalue weighted by Crippen LogP contribution is -2.45. The molecular formula is C30H30N2O7. The SMILES string of the molecule is COc1cccc(Oc2c(C)oc3c(CN4CCN(Cc5ccc6c(c5)OCO6)CC4)c(O)ccc3c2=O)c1. The van der Waals surface area contributed by atoms with Crippen molar-refractivity contribution in [3.05, 3.63) is 81.7 Å². The Morgan fingerprint density at radius 2 is 1.64 bits per heavy atom. The van der Waals surface area contributed by atoms with Crippen molar-refractivity contribution in [3.63, 3.8) is 0 Å². The van der Waals surface area contributed by atoms with Gasteiger partial charge in [-0.15, -0.1) is 0 Å². The van der Waals surface area contributed by atoms with Gasteiger partial charge in [0.25, 0.3) is 0 Å². The summed E-state index contributed by atoms with van der Waals surface area (Å²) in [6.45, 7) is 6.66. The number of fused-ring (bicyclic) bond motifs is 2.